The van der Waals surface area contributed by atoms with E-state index in [4.69, 9.17) is 10.00 Å². The summed E-state index contributed by atoms with van der Waals surface area (Å²) in [5.74, 6) is -3.56. The fourth-order valence-corrected chi connectivity index (χ4v) is 1.27. The molecular weight excluding hydrogens is 264 g/mol. The predicted molar refractivity (Wildman–Crippen MR) is 60.2 cm³/mol. The Bertz CT molecular complexity index is 428. The molecule has 0 bridgehead atoms. The van der Waals surface area contributed by atoms with Crippen molar-refractivity contribution in [2.45, 2.75) is 18.9 Å². The second-order valence-electron chi connectivity index (χ2n) is 3.76. The van der Waals surface area contributed by atoms with E-state index in [1.165, 1.54) is 0 Å². The highest BCUT2D eigenvalue weighted by Crippen LogP contribution is 2.21. The van der Waals surface area contributed by atoms with Gasteiger partial charge in [0.1, 0.15) is 11.8 Å². The summed E-state index contributed by atoms with van der Waals surface area (Å²) in [6.07, 6.45) is -3.68. The first kappa shape index (κ1) is 15.2. The van der Waals surface area contributed by atoms with Crippen molar-refractivity contribution >= 4 is 0 Å². The van der Waals surface area contributed by atoms with Crippen molar-refractivity contribution in [2.75, 3.05) is 13.2 Å². The second kappa shape index (κ2) is 6.95. The van der Waals surface area contributed by atoms with Gasteiger partial charge in [0, 0.05) is 6.54 Å². The van der Waals surface area contributed by atoms with Crippen LogP contribution in [0.25, 0.3) is 0 Å². The van der Waals surface area contributed by atoms with Crippen molar-refractivity contribution in [3.63, 3.8) is 0 Å². The summed E-state index contributed by atoms with van der Waals surface area (Å²) in [6.45, 7) is -1.13. The molecule has 0 saturated carbocycles. The number of halogens is 4. The Hall–Kier alpha value is -1.81. The summed E-state index contributed by atoms with van der Waals surface area (Å²) < 4.78 is 53.9. The van der Waals surface area contributed by atoms with E-state index in [-0.39, 0.29) is 13.2 Å². The number of nitriles is 1. The number of hydrogen-bond donors (Lipinski definition) is 1. The SMILES string of the molecule is N#CCOc1ccc(CNCC(F)(F)C(F)F)cc1. The molecule has 0 radical (unpaired) electrons. The van der Waals surface area contributed by atoms with Gasteiger partial charge in [0.15, 0.2) is 6.61 Å². The van der Waals surface area contributed by atoms with Gasteiger partial charge in [-0.2, -0.15) is 14.0 Å². The summed E-state index contributed by atoms with van der Waals surface area (Å²) in [5.41, 5.74) is 0.648. The zero-order valence-electron chi connectivity index (χ0n) is 9.88. The first-order valence-corrected chi connectivity index (χ1v) is 5.41. The van der Waals surface area contributed by atoms with Gasteiger partial charge in [-0.3, -0.25) is 0 Å². The monoisotopic (exact) mass is 276 g/mol. The molecule has 104 valence electrons. The molecule has 0 heterocycles. The Morgan fingerprint density at radius 3 is 2.42 bits per heavy atom. The standard InChI is InChI=1S/C12H12F4N2O/c13-11(14)12(15,16)8-18-7-9-1-3-10(4-2-9)19-6-5-17/h1-4,11,18H,6-8H2. The molecule has 1 aromatic rings. The molecule has 0 aliphatic heterocycles. The van der Waals surface area contributed by atoms with Gasteiger partial charge in [-0.15, -0.1) is 0 Å². The molecule has 0 aliphatic carbocycles. The van der Waals surface area contributed by atoms with Crippen molar-refractivity contribution in [3.05, 3.63) is 29.8 Å². The molecule has 0 unspecified atom stereocenters. The number of alkyl halides is 4. The third-order valence-electron chi connectivity index (χ3n) is 2.24. The molecular formula is C12H12F4N2O. The molecule has 0 spiro atoms. The number of ether oxygens (including phenoxy) is 1. The highest BCUT2D eigenvalue weighted by molar-refractivity contribution is 5.27. The number of hydrogen-bond acceptors (Lipinski definition) is 3. The molecule has 7 heteroatoms. The summed E-state index contributed by atoms with van der Waals surface area (Å²) in [5, 5.41) is 10.6. The quantitative estimate of drug-likeness (QED) is 0.778. The summed E-state index contributed by atoms with van der Waals surface area (Å²) in [6, 6.07) is 8.14. The Labute approximate surface area is 107 Å². The molecule has 1 aromatic carbocycles. The van der Waals surface area contributed by atoms with E-state index in [1.54, 1.807) is 30.3 Å². The zero-order valence-corrected chi connectivity index (χ0v) is 9.88. The van der Waals surface area contributed by atoms with Crippen LogP contribution in [0.3, 0.4) is 0 Å². The maximum atomic E-state index is 12.6. The van der Waals surface area contributed by atoms with Crippen molar-refractivity contribution in [2.24, 2.45) is 0 Å². The Morgan fingerprint density at radius 1 is 1.26 bits per heavy atom. The molecule has 0 aliphatic rings. The van der Waals surface area contributed by atoms with E-state index in [1.807, 2.05) is 0 Å². The third kappa shape index (κ3) is 5.14. The number of nitrogens with one attached hydrogen (secondary N) is 1. The topological polar surface area (TPSA) is 45.0 Å². The van der Waals surface area contributed by atoms with Gasteiger partial charge in [0.25, 0.3) is 0 Å². The van der Waals surface area contributed by atoms with E-state index < -0.39 is 18.9 Å². The molecule has 0 atom stereocenters. The van der Waals surface area contributed by atoms with Crippen LogP contribution in [0, 0.1) is 11.3 Å². The van der Waals surface area contributed by atoms with Crippen LogP contribution in [-0.2, 0) is 6.54 Å². The number of nitrogens with zero attached hydrogens (tertiary/aromatic N) is 1. The molecule has 0 amide bonds. The zero-order chi connectivity index (χ0) is 14.3. The minimum absolute atomic E-state index is 0.0425. The largest absolute Gasteiger partial charge is 0.479 e. The first-order chi connectivity index (χ1) is 8.95. The summed E-state index contributed by atoms with van der Waals surface area (Å²) in [4.78, 5) is 0. The van der Waals surface area contributed by atoms with Gasteiger partial charge in [0.2, 0.25) is 0 Å². The van der Waals surface area contributed by atoms with Gasteiger partial charge in [-0.05, 0) is 17.7 Å². The van der Waals surface area contributed by atoms with Crippen LogP contribution in [0.1, 0.15) is 5.56 Å². The van der Waals surface area contributed by atoms with Crippen molar-refractivity contribution < 1.29 is 22.3 Å². The fourth-order valence-electron chi connectivity index (χ4n) is 1.27. The Balaban J connectivity index is 2.40. The normalized spacial score (nSPS) is 11.4. The maximum absolute atomic E-state index is 12.6. The van der Waals surface area contributed by atoms with Crippen molar-refractivity contribution in [1.29, 1.82) is 5.26 Å². The number of rotatable bonds is 7. The minimum atomic E-state index is -4.03. The predicted octanol–water partition coefficient (Wildman–Crippen LogP) is 2.58. The van der Waals surface area contributed by atoms with Gasteiger partial charge in [-0.25, -0.2) is 8.78 Å². The van der Waals surface area contributed by atoms with E-state index in [0.29, 0.717) is 11.3 Å². The molecule has 3 nitrogen and oxygen atoms in total. The lowest BCUT2D eigenvalue weighted by Gasteiger charge is -2.15. The lowest BCUT2D eigenvalue weighted by Crippen LogP contribution is -2.38. The lowest BCUT2D eigenvalue weighted by atomic mass is 10.2. The number of benzene rings is 1. The molecule has 0 aromatic heterocycles. The van der Waals surface area contributed by atoms with E-state index >= 15 is 0 Å². The van der Waals surface area contributed by atoms with Gasteiger partial charge < -0.3 is 10.1 Å². The van der Waals surface area contributed by atoms with E-state index in [2.05, 4.69) is 5.32 Å². The van der Waals surface area contributed by atoms with Crippen LogP contribution >= 0.6 is 0 Å². The van der Waals surface area contributed by atoms with Crippen LogP contribution in [0.4, 0.5) is 17.6 Å². The van der Waals surface area contributed by atoms with Crippen LogP contribution in [0.15, 0.2) is 24.3 Å². The van der Waals surface area contributed by atoms with E-state index in [0.717, 1.165) is 0 Å². The van der Waals surface area contributed by atoms with Crippen molar-refractivity contribution in [3.8, 4) is 11.8 Å². The molecule has 0 fully saturated rings. The van der Waals surface area contributed by atoms with Crippen LogP contribution in [0.5, 0.6) is 5.75 Å². The molecule has 19 heavy (non-hydrogen) atoms. The molecule has 1 rings (SSSR count). The lowest BCUT2D eigenvalue weighted by molar-refractivity contribution is -0.125. The maximum Gasteiger partial charge on any atom is 0.319 e. The van der Waals surface area contributed by atoms with Crippen molar-refractivity contribution in [1.82, 2.24) is 5.32 Å². The second-order valence-corrected chi connectivity index (χ2v) is 3.76. The van der Waals surface area contributed by atoms with Crippen LogP contribution in [-0.4, -0.2) is 25.5 Å². The smallest absolute Gasteiger partial charge is 0.319 e. The fraction of sp³-hybridized carbons (Fsp3) is 0.417. The minimum Gasteiger partial charge on any atom is -0.479 e. The third-order valence-corrected chi connectivity index (χ3v) is 2.24. The average Bonchev–Trinajstić information content (AvgIpc) is 2.37. The summed E-state index contributed by atoms with van der Waals surface area (Å²) >= 11 is 0. The first-order valence-electron chi connectivity index (χ1n) is 5.41. The Kier molecular flexibility index (Phi) is 5.57. The average molecular weight is 276 g/mol. The van der Waals surface area contributed by atoms with Gasteiger partial charge in [0.05, 0.1) is 6.54 Å². The Morgan fingerprint density at radius 2 is 1.89 bits per heavy atom. The highest BCUT2D eigenvalue weighted by Gasteiger charge is 2.39. The van der Waals surface area contributed by atoms with Crippen LogP contribution < -0.4 is 10.1 Å². The summed E-state index contributed by atoms with van der Waals surface area (Å²) in [7, 11) is 0. The van der Waals surface area contributed by atoms with Gasteiger partial charge in [-0.1, -0.05) is 12.1 Å². The molecule has 0 saturated heterocycles. The molecule has 1 N–H and O–H groups in total. The van der Waals surface area contributed by atoms with Crippen LogP contribution in [0.2, 0.25) is 0 Å². The van der Waals surface area contributed by atoms with Gasteiger partial charge >= 0.3 is 12.3 Å². The van der Waals surface area contributed by atoms with E-state index in [9.17, 15) is 17.6 Å². The highest BCUT2D eigenvalue weighted by atomic mass is 19.3.